The molecule has 25 heavy (non-hydrogen) atoms. The normalized spacial score (nSPS) is 14.3. The van der Waals surface area contributed by atoms with Crippen molar-refractivity contribution in [1.82, 2.24) is 4.90 Å². The Morgan fingerprint density at radius 2 is 1.96 bits per heavy atom. The second-order valence-electron chi connectivity index (χ2n) is 6.59. The van der Waals surface area contributed by atoms with Gasteiger partial charge in [-0.1, -0.05) is 41.3 Å². The highest BCUT2D eigenvalue weighted by Gasteiger charge is 2.23. The maximum atomic E-state index is 12.2. The van der Waals surface area contributed by atoms with E-state index in [0.29, 0.717) is 24.5 Å². The molecule has 0 spiro atoms. The second kappa shape index (κ2) is 7.95. The third-order valence-electron chi connectivity index (χ3n) is 3.39. The fourth-order valence-electron chi connectivity index (χ4n) is 2.16. The first-order valence-corrected chi connectivity index (χ1v) is 8.60. The molecule has 1 heterocycles. The maximum Gasteiger partial charge on any atom is 0.410 e. The van der Waals surface area contributed by atoms with Gasteiger partial charge in [-0.05, 0) is 45.2 Å². The van der Waals surface area contributed by atoms with E-state index in [0.717, 1.165) is 5.57 Å². The number of nitrogens with zero attached hydrogens (tertiary/aromatic N) is 1. The van der Waals surface area contributed by atoms with Gasteiger partial charge in [0.15, 0.2) is 0 Å². The number of hydrogen-bond donors (Lipinski definition) is 0. The van der Waals surface area contributed by atoms with Crippen molar-refractivity contribution in [2.45, 2.75) is 32.8 Å². The summed E-state index contributed by atoms with van der Waals surface area (Å²) in [5, 5.41) is 0.524. The van der Waals surface area contributed by atoms with Crippen LogP contribution in [-0.2, 0) is 4.74 Å². The smallest absolute Gasteiger partial charge is 0.410 e. The summed E-state index contributed by atoms with van der Waals surface area (Å²) < 4.78 is 5.33. The summed E-state index contributed by atoms with van der Waals surface area (Å²) in [4.78, 5) is 25.8. The van der Waals surface area contributed by atoms with Crippen LogP contribution in [0.2, 0.25) is 10.0 Å². The van der Waals surface area contributed by atoms with Crippen molar-refractivity contribution in [3.05, 3.63) is 45.5 Å². The Hall–Kier alpha value is -1.96. The molecule has 6 heteroatoms. The van der Waals surface area contributed by atoms with Crippen molar-refractivity contribution >= 4 is 35.1 Å². The lowest BCUT2D eigenvalue weighted by atomic mass is 10.1. The highest BCUT2D eigenvalue weighted by Crippen LogP contribution is 2.25. The van der Waals surface area contributed by atoms with Crippen LogP contribution in [0.5, 0.6) is 0 Å². The molecule has 0 aliphatic carbocycles. The minimum atomic E-state index is -0.524. The SMILES string of the molecule is CC(C)(C)OC(=O)N1CC=C(C#CC(=O)c2cccc(Cl)c2Cl)CC1. The Balaban J connectivity index is 2.02. The Morgan fingerprint density at radius 3 is 2.56 bits per heavy atom. The molecular formula is C19H19Cl2NO3. The first kappa shape index (κ1) is 19.4. The zero-order valence-electron chi connectivity index (χ0n) is 14.4. The van der Waals surface area contributed by atoms with Crippen LogP contribution in [0.1, 0.15) is 37.6 Å². The number of Topliss-reactive ketones (excluding diaryl/α,β-unsaturated/α-hetero) is 1. The number of hydrogen-bond acceptors (Lipinski definition) is 3. The summed E-state index contributed by atoms with van der Waals surface area (Å²) in [5.41, 5.74) is 0.573. The van der Waals surface area contributed by atoms with Gasteiger partial charge in [0.05, 0.1) is 15.6 Å². The summed E-state index contributed by atoms with van der Waals surface area (Å²) in [7, 11) is 0. The van der Waals surface area contributed by atoms with Gasteiger partial charge in [-0.25, -0.2) is 4.79 Å². The van der Waals surface area contributed by atoms with E-state index in [1.54, 1.807) is 23.1 Å². The molecule has 132 valence electrons. The van der Waals surface area contributed by atoms with E-state index in [-0.39, 0.29) is 22.5 Å². The molecule has 0 atom stereocenters. The average molecular weight is 380 g/mol. The Morgan fingerprint density at radius 1 is 1.24 bits per heavy atom. The number of halogens is 2. The van der Waals surface area contributed by atoms with Gasteiger partial charge in [-0.15, -0.1) is 0 Å². The number of benzene rings is 1. The molecule has 0 radical (unpaired) electrons. The van der Waals surface area contributed by atoms with Gasteiger partial charge in [0.1, 0.15) is 5.60 Å². The number of carbonyl (C=O) groups is 2. The van der Waals surface area contributed by atoms with Gasteiger partial charge in [-0.2, -0.15) is 0 Å². The lowest BCUT2D eigenvalue weighted by molar-refractivity contribution is 0.0267. The van der Waals surface area contributed by atoms with Crippen molar-refractivity contribution < 1.29 is 14.3 Å². The topological polar surface area (TPSA) is 46.6 Å². The number of rotatable bonds is 1. The molecule has 0 aromatic heterocycles. The molecule has 0 unspecified atom stereocenters. The van der Waals surface area contributed by atoms with Crippen LogP contribution in [0, 0.1) is 11.8 Å². The minimum absolute atomic E-state index is 0.206. The van der Waals surface area contributed by atoms with E-state index in [1.807, 2.05) is 26.8 Å². The molecule has 0 fully saturated rings. The van der Waals surface area contributed by atoms with E-state index in [2.05, 4.69) is 11.8 Å². The summed E-state index contributed by atoms with van der Waals surface area (Å²) in [5.74, 6) is 5.05. The maximum absolute atomic E-state index is 12.2. The predicted octanol–water partition coefficient (Wildman–Crippen LogP) is 4.75. The van der Waals surface area contributed by atoms with Crippen LogP contribution in [0.25, 0.3) is 0 Å². The molecule has 0 saturated heterocycles. The van der Waals surface area contributed by atoms with Gasteiger partial charge in [0.25, 0.3) is 0 Å². The highest BCUT2D eigenvalue weighted by atomic mass is 35.5. The van der Waals surface area contributed by atoms with E-state index in [4.69, 9.17) is 27.9 Å². The van der Waals surface area contributed by atoms with Crippen molar-refractivity contribution in [2.75, 3.05) is 13.1 Å². The van der Waals surface area contributed by atoms with E-state index < -0.39 is 5.60 Å². The van der Waals surface area contributed by atoms with E-state index in [1.165, 1.54) is 0 Å². The van der Waals surface area contributed by atoms with Crippen LogP contribution in [-0.4, -0.2) is 35.5 Å². The fraction of sp³-hybridized carbons (Fsp3) is 0.368. The Bertz CT molecular complexity index is 782. The van der Waals surface area contributed by atoms with E-state index >= 15 is 0 Å². The fourth-order valence-corrected chi connectivity index (χ4v) is 2.54. The largest absolute Gasteiger partial charge is 0.444 e. The van der Waals surface area contributed by atoms with Crippen molar-refractivity contribution in [2.24, 2.45) is 0 Å². The van der Waals surface area contributed by atoms with E-state index in [9.17, 15) is 9.59 Å². The highest BCUT2D eigenvalue weighted by molar-refractivity contribution is 6.44. The number of carbonyl (C=O) groups excluding carboxylic acids is 2. The zero-order chi connectivity index (χ0) is 18.6. The van der Waals surface area contributed by atoms with Gasteiger partial charge in [0.2, 0.25) is 5.78 Å². The van der Waals surface area contributed by atoms with Crippen LogP contribution in [0.4, 0.5) is 4.79 Å². The molecule has 1 amide bonds. The second-order valence-corrected chi connectivity index (χ2v) is 7.37. The molecule has 0 bridgehead atoms. The van der Waals surface area contributed by atoms with Crippen molar-refractivity contribution in [1.29, 1.82) is 0 Å². The van der Waals surface area contributed by atoms with Crippen LogP contribution in [0.3, 0.4) is 0 Å². The quantitative estimate of drug-likeness (QED) is 0.401. The Kier molecular flexibility index (Phi) is 6.16. The van der Waals surface area contributed by atoms with Gasteiger partial charge >= 0.3 is 6.09 Å². The van der Waals surface area contributed by atoms with Gasteiger partial charge in [0, 0.05) is 18.7 Å². The predicted molar refractivity (Wildman–Crippen MR) is 99.1 cm³/mol. The van der Waals surface area contributed by atoms with Crippen molar-refractivity contribution in [3.63, 3.8) is 0 Å². The monoisotopic (exact) mass is 379 g/mol. The number of ether oxygens (including phenoxy) is 1. The van der Waals surface area contributed by atoms with Crippen LogP contribution in [0.15, 0.2) is 29.8 Å². The molecule has 1 aromatic rings. The summed E-state index contributed by atoms with van der Waals surface area (Å²) >= 11 is 11.9. The summed E-state index contributed by atoms with van der Waals surface area (Å²) in [6, 6.07) is 4.86. The van der Waals surface area contributed by atoms with Crippen molar-refractivity contribution in [3.8, 4) is 11.8 Å². The Labute approximate surface area is 157 Å². The van der Waals surface area contributed by atoms with Gasteiger partial charge in [-0.3, -0.25) is 4.79 Å². The lowest BCUT2D eigenvalue weighted by Gasteiger charge is -2.28. The standard InChI is InChI=1S/C19H19Cl2NO3/c1-19(2,3)25-18(24)22-11-9-13(10-12-22)7-8-16(23)14-5-4-6-15(20)17(14)21/h4-6,9H,10-12H2,1-3H3. The average Bonchev–Trinajstić information content (AvgIpc) is 2.54. The first-order valence-electron chi connectivity index (χ1n) is 7.85. The van der Waals surface area contributed by atoms with Crippen LogP contribution >= 0.6 is 23.2 Å². The molecule has 4 nitrogen and oxygen atoms in total. The molecule has 1 aliphatic heterocycles. The molecule has 0 N–H and O–H groups in total. The molecule has 1 aliphatic rings. The number of amides is 1. The first-order chi connectivity index (χ1) is 11.7. The lowest BCUT2D eigenvalue weighted by Crippen LogP contribution is -2.39. The summed E-state index contributed by atoms with van der Waals surface area (Å²) in [6.45, 7) is 6.39. The zero-order valence-corrected chi connectivity index (χ0v) is 15.9. The van der Waals surface area contributed by atoms with Crippen LogP contribution < -0.4 is 0 Å². The molecule has 1 aromatic carbocycles. The minimum Gasteiger partial charge on any atom is -0.444 e. The third kappa shape index (κ3) is 5.52. The van der Waals surface area contributed by atoms with Gasteiger partial charge < -0.3 is 9.64 Å². The summed E-state index contributed by atoms with van der Waals surface area (Å²) in [6.07, 6.45) is 2.05. The number of ketones is 1. The molecule has 2 rings (SSSR count). The molecule has 0 saturated carbocycles. The third-order valence-corrected chi connectivity index (χ3v) is 4.21. The molecular weight excluding hydrogens is 361 g/mol.